The Balaban J connectivity index is 1.28. The zero-order valence-electron chi connectivity index (χ0n) is 18.0. The van der Waals surface area contributed by atoms with E-state index in [4.69, 9.17) is 4.98 Å². The number of carbonyl (C=O) groups excluding carboxylic acids is 2. The van der Waals surface area contributed by atoms with E-state index in [-0.39, 0.29) is 41.4 Å². The van der Waals surface area contributed by atoms with Gasteiger partial charge in [-0.25, -0.2) is 9.37 Å². The fourth-order valence-corrected chi connectivity index (χ4v) is 4.88. The zero-order chi connectivity index (χ0) is 22.2. The van der Waals surface area contributed by atoms with Crippen molar-refractivity contribution in [1.82, 2.24) is 19.8 Å². The van der Waals surface area contributed by atoms with Gasteiger partial charge in [0, 0.05) is 37.0 Å². The van der Waals surface area contributed by atoms with Crippen molar-refractivity contribution in [3.05, 3.63) is 63.1 Å². The second-order valence-electron chi connectivity index (χ2n) is 9.11. The lowest BCUT2D eigenvalue weighted by Crippen LogP contribution is -2.43. The highest BCUT2D eigenvalue weighted by molar-refractivity contribution is 5.80. The molecule has 2 aliphatic heterocycles. The summed E-state index contributed by atoms with van der Waals surface area (Å²) < 4.78 is 13.9. The van der Waals surface area contributed by atoms with Crippen molar-refractivity contribution in [3.63, 3.8) is 0 Å². The van der Waals surface area contributed by atoms with Crippen LogP contribution < -0.4 is 5.56 Å². The molecule has 2 amide bonds. The quantitative estimate of drug-likeness (QED) is 0.793. The minimum absolute atomic E-state index is 0.0196. The summed E-state index contributed by atoms with van der Waals surface area (Å²) in [6, 6.07) is 6.31. The van der Waals surface area contributed by atoms with E-state index < -0.39 is 0 Å². The first-order chi connectivity index (χ1) is 15.5. The highest BCUT2D eigenvalue weighted by atomic mass is 19.1. The van der Waals surface area contributed by atoms with Crippen LogP contribution in [0.2, 0.25) is 0 Å². The van der Waals surface area contributed by atoms with Crippen LogP contribution in [0, 0.1) is 11.7 Å². The summed E-state index contributed by atoms with van der Waals surface area (Å²) in [5.74, 6) is 0.301. The second-order valence-corrected chi connectivity index (χ2v) is 9.11. The minimum Gasteiger partial charge on any atom is -0.342 e. The number of benzene rings is 1. The third-order valence-electron chi connectivity index (χ3n) is 7.09. The third kappa shape index (κ3) is 3.94. The normalized spacial score (nSPS) is 20.7. The van der Waals surface area contributed by atoms with E-state index in [1.54, 1.807) is 23.1 Å². The molecule has 0 unspecified atom stereocenters. The summed E-state index contributed by atoms with van der Waals surface area (Å²) in [6.07, 6.45) is 4.25. The van der Waals surface area contributed by atoms with Gasteiger partial charge in [-0.1, -0.05) is 24.6 Å². The molecule has 8 heteroatoms. The van der Waals surface area contributed by atoms with Crippen LogP contribution in [0.1, 0.15) is 54.2 Å². The molecule has 168 valence electrons. The molecule has 2 fully saturated rings. The van der Waals surface area contributed by atoms with Gasteiger partial charge >= 0.3 is 0 Å². The van der Waals surface area contributed by atoms with Crippen molar-refractivity contribution < 1.29 is 14.0 Å². The van der Waals surface area contributed by atoms with Crippen molar-refractivity contribution in [2.45, 2.75) is 51.0 Å². The van der Waals surface area contributed by atoms with Gasteiger partial charge in [-0.2, -0.15) is 0 Å². The molecule has 1 N–H and O–H groups in total. The van der Waals surface area contributed by atoms with E-state index in [0.29, 0.717) is 61.7 Å². The highest BCUT2D eigenvalue weighted by Crippen LogP contribution is 2.30. The molecule has 1 atom stereocenters. The van der Waals surface area contributed by atoms with Gasteiger partial charge in [0.15, 0.2) is 0 Å². The molecule has 1 saturated heterocycles. The van der Waals surface area contributed by atoms with Gasteiger partial charge in [0.2, 0.25) is 11.8 Å². The summed E-state index contributed by atoms with van der Waals surface area (Å²) in [7, 11) is 0. The molecule has 5 rings (SSSR count). The first-order valence-corrected chi connectivity index (χ1v) is 11.4. The van der Waals surface area contributed by atoms with Gasteiger partial charge < -0.3 is 14.8 Å². The molecule has 32 heavy (non-hydrogen) atoms. The fraction of sp³-hybridized carbons (Fsp3) is 0.500. The number of hydrogen-bond donors (Lipinski definition) is 1. The van der Waals surface area contributed by atoms with Crippen LogP contribution in [0.4, 0.5) is 4.39 Å². The number of rotatable bonds is 4. The lowest BCUT2D eigenvalue weighted by Gasteiger charge is -2.34. The van der Waals surface area contributed by atoms with Crippen molar-refractivity contribution in [2.75, 3.05) is 19.6 Å². The number of fused-ring (bicyclic) bond motifs is 1. The number of nitrogens with one attached hydrogen (secondary N) is 1. The monoisotopic (exact) mass is 438 g/mol. The molecule has 0 radical (unpaired) electrons. The topological polar surface area (TPSA) is 86.4 Å². The first kappa shape index (κ1) is 20.8. The molecule has 0 bridgehead atoms. The van der Waals surface area contributed by atoms with Gasteiger partial charge in [0.1, 0.15) is 11.6 Å². The summed E-state index contributed by atoms with van der Waals surface area (Å²) in [4.78, 5) is 49.2. The average molecular weight is 439 g/mol. The third-order valence-corrected chi connectivity index (χ3v) is 7.09. The fourth-order valence-electron chi connectivity index (χ4n) is 4.88. The van der Waals surface area contributed by atoms with E-state index in [2.05, 4.69) is 4.98 Å². The van der Waals surface area contributed by atoms with Gasteiger partial charge in [0.05, 0.1) is 18.7 Å². The smallest absolute Gasteiger partial charge is 0.254 e. The van der Waals surface area contributed by atoms with Crippen LogP contribution in [0.15, 0.2) is 29.1 Å². The van der Waals surface area contributed by atoms with Crippen LogP contribution in [-0.2, 0) is 29.0 Å². The number of amides is 2. The first-order valence-electron chi connectivity index (χ1n) is 11.4. The van der Waals surface area contributed by atoms with E-state index in [1.807, 2.05) is 4.90 Å². The second kappa shape index (κ2) is 8.48. The number of nitrogens with zero attached hydrogens (tertiary/aromatic N) is 3. The molecule has 7 nitrogen and oxygen atoms in total. The summed E-state index contributed by atoms with van der Waals surface area (Å²) in [5, 5.41) is 0. The van der Waals surface area contributed by atoms with Crippen LogP contribution in [0.5, 0.6) is 0 Å². The summed E-state index contributed by atoms with van der Waals surface area (Å²) in [5.41, 5.74) is 1.59. The number of likely N-dealkylation sites (tertiary alicyclic amines) is 1. The maximum absolute atomic E-state index is 13.9. The summed E-state index contributed by atoms with van der Waals surface area (Å²) >= 11 is 0. The van der Waals surface area contributed by atoms with E-state index in [9.17, 15) is 18.8 Å². The van der Waals surface area contributed by atoms with Crippen LogP contribution in [0.3, 0.4) is 0 Å². The highest BCUT2D eigenvalue weighted by Gasteiger charge is 2.34. The Morgan fingerprint density at radius 1 is 1.12 bits per heavy atom. The Kier molecular flexibility index (Phi) is 5.53. The standard InChI is InChI=1S/C24H27FN4O3/c25-19-7-2-1-4-16(19)12-21(30)28-10-8-17(13-28)22-26-20-14-29(24(32)15-5-3-6-15)11-9-18(20)23(31)27-22/h1-2,4,7,15,17H,3,5-6,8-14H2,(H,26,27,31)/t17-/m0/s1. The van der Waals surface area contributed by atoms with Crippen molar-refractivity contribution in [2.24, 2.45) is 5.92 Å². The maximum atomic E-state index is 13.9. The van der Waals surface area contributed by atoms with Crippen LogP contribution in [-0.4, -0.2) is 51.2 Å². The molecule has 3 aliphatic rings. The van der Waals surface area contributed by atoms with E-state index in [0.717, 1.165) is 19.3 Å². The number of aromatic nitrogens is 2. The van der Waals surface area contributed by atoms with Gasteiger partial charge in [-0.3, -0.25) is 14.4 Å². The number of aromatic amines is 1. The van der Waals surface area contributed by atoms with Crippen molar-refractivity contribution in [1.29, 1.82) is 0 Å². The predicted octanol–water partition coefficient (Wildman–Crippen LogP) is 2.15. The van der Waals surface area contributed by atoms with Gasteiger partial charge in [-0.05, 0) is 37.3 Å². The van der Waals surface area contributed by atoms with Crippen LogP contribution in [0.25, 0.3) is 0 Å². The Morgan fingerprint density at radius 3 is 2.69 bits per heavy atom. The number of halogens is 1. The molecular weight excluding hydrogens is 411 g/mol. The van der Waals surface area contributed by atoms with Crippen molar-refractivity contribution >= 4 is 11.8 Å². The molecule has 1 aliphatic carbocycles. The average Bonchev–Trinajstić information content (AvgIpc) is 3.24. The molecule has 0 spiro atoms. The zero-order valence-corrected chi connectivity index (χ0v) is 18.0. The molecular formula is C24H27FN4O3. The maximum Gasteiger partial charge on any atom is 0.254 e. The summed E-state index contributed by atoms with van der Waals surface area (Å²) in [6.45, 7) is 1.93. The molecule has 3 heterocycles. The largest absolute Gasteiger partial charge is 0.342 e. The Bertz CT molecular complexity index is 1110. The molecule has 1 aromatic carbocycles. The van der Waals surface area contributed by atoms with E-state index in [1.165, 1.54) is 6.07 Å². The lowest BCUT2D eigenvalue weighted by atomic mass is 9.84. The molecule has 2 aromatic rings. The number of carbonyl (C=O) groups is 2. The Hall–Kier alpha value is -3.03. The number of hydrogen-bond acceptors (Lipinski definition) is 4. The lowest BCUT2D eigenvalue weighted by molar-refractivity contribution is -0.139. The van der Waals surface area contributed by atoms with Gasteiger partial charge in [0.25, 0.3) is 5.56 Å². The molecule has 1 saturated carbocycles. The van der Waals surface area contributed by atoms with E-state index >= 15 is 0 Å². The predicted molar refractivity (Wildman–Crippen MR) is 115 cm³/mol. The Morgan fingerprint density at radius 2 is 1.94 bits per heavy atom. The van der Waals surface area contributed by atoms with Crippen LogP contribution >= 0.6 is 0 Å². The Labute approximate surface area is 185 Å². The van der Waals surface area contributed by atoms with Gasteiger partial charge in [-0.15, -0.1) is 0 Å². The minimum atomic E-state index is -0.377. The number of H-pyrrole nitrogens is 1. The molecule has 1 aromatic heterocycles. The SMILES string of the molecule is O=C(Cc1ccccc1F)N1CC[C@H](c2nc3c(c(=O)[nH]2)CCN(C(=O)C2CCC2)C3)C1. The van der Waals surface area contributed by atoms with Crippen molar-refractivity contribution in [3.8, 4) is 0 Å².